The lowest BCUT2D eigenvalue weighted by molar-refractivity contribution is 0.103. The molecular formula is C15H12BrF2NO2. The third-order valence-corrected chi connectivity index (χ3v) is 3.46. The fourth-order valence-electron chi connectivity index (χ4n) is 1.86. The second-order valence-corrected chi connectivity index (χ2v) is 5.11. The number of halogens is 3. The first-order valence-corrected chi connectivity index (χ1v) is 6.95. The molecule has 0 spiro atoms. The van der Waals surface area contributed by atoms with Crippen LogP contribution in [0, 0.1) is 11.6 Å². The number of nitrogen functional groups attached to an aromatic ring is 1. The van der Waals surface area contributed by atoms with Crippen LogP contribution in [0.5, 0.6) is 5.75 Å². The minimum absolute atomic E-state index is 0.197. The molecule has 0 saturated heterocycles. The Labute approximate surface area is 128 Å². The molecule has 0 aromatic heterocycles. The molecule has 0 bridgehead atoms. The van der Waals surface area contributed by atoms with Crippen LogP contribution in [0.2, 0.25) is 0 Å². The molecule has 2 aromatic rings. The molecule has 21 heavy (non-hydrogen) atoms. The van der Waals surface area contributed by atoms with Gasteiger partial charge in [-0.25, -0.2) is 8.78 Å². The average Bonchev–Trinajstić information content (AvgIpc) is 2.42. The van der Waals surface area contributed by atoms with Crippen LogP contribution in [0.4, 0.5) is 14.5 Å². The smallest absolute Gasteiger partial charge is 0.197 e. The largest absolute Gasteiger partial charge is 0.494 e. The van der Waals surface area contributed by atoms with Crippen LogP contribution in [0.3, 0.4) is 0 Å². The quantitative estimate of drug-likeness (QED) is 0.667. The molecule has 3 nitrogen and oxygen atoms in total. The van der Waals surface area contributed by atoms with Crippen molar-refractivity contribution < 1.29 is 18.3 Å². The van der Waals surface area contributed by atoms with Crippen LogP contribution in [-0.2, 0) is 0 Å². The van der Waals surface area contributed by atoms with Crippen molar-refractivity contribution in [2.75, 3.05) is 12.3 Å². The van der Waals surface area contributed by atoms with E-state index >= 15 is 0 Å². The van der Waals surface area contributed by atoms with Gasteiger partial charge in [0, 0.05) is 10.0 Å². The Bertz CT molecular complexity index is 704. The van der Waals surface area contributed by atoms with Gasteiger partial charge in [0.1, 0.15) is 11.6 Å². The highest BCUT2D eigenvalue weighted by molar-refractivity contribution is 9.10. The van der Waals surface area contributed by atoms with E-state index in [2.05, 4.69) is 15.9 Å². The molecule has 0 aliphatic carbocycles. The van der Waals surface area contributed by atoms with Gasteiger partial charge in [-0.3, -0.25) is 4.79 Å². The zero-order chi connectivity index (χ0) is 15.6. The van der Waals surface area contributed by atoms with Crippen LogP contribution in [0.1, 0.15) is 22.8 Å². The summed E-state index contributed by atoms with van der Waals surface area (Å²) in [6.45, 7) is 2.31. The number of carbonyl (C=O) groups is 1. The maximum Gasteiger partial charge on any atom is 0.197 e. The van der Waals surface area contributed by atoms with Gasteiger partial charge in [0.15, 0.2) is 11.6 Å². The molecule has 0 amide bonds. The summed E-state index contributed by atoms with van der Waals surface area (Å²) in [6, 6.07) is 6.33. The summed E-state index contributed by atoms with van der Waals surface area (Å²) in [6.07, 6.45) is 0. The summed E-state index contributed by atoms with van der Waals surface area (Å²) in [5.41, 5.74) is 4.73. The van der Waals surface area contributed by atoms with E-state index in [4.69, 9.17) is 10.5 Å². The van der Waals surface area contributed by atoms with Gasteiger partial charge in [0.25, 0.3) is 0 Å². The minimum Gasteiger partial charge on any atom is -0.494 e. The average molecular weight is 356 g/mol. The number of carbonyl (C=O) groups excluding carboxylic acids is 1. The van der Waals surface area contributed by atoms with Gasteiger partial charge in [0.05, 0.1) is 17.9 Å². The van der Waals surface area contributed by atoms with Crippen LogP contribution in [0.25, 0.3) is 0 Å². The molecule has 0 heterocycles. The number of hydrogen-bond acceptors (Lipinski definition) is 3. The predicted octanol–water partition coefficient (Wildman–Crippen LogP) is 3.94. The summed E-state index contributed by atoms with van der Waals surface area (Å²) in [7, 11) is 0. The minimum atomic E-state index is -0.929. The van der Waals surface area contributed by atoms with Crippen LogP contribution in [0.15, 0.2) is 34.8 Å². The first-order valence-electron chi connectivity index (χ1n) is 6.15. The van der Waals surface area contributed by atoms with Crippen LogP contribution in [-0.4, -0.2) is 12.4 Å². The fraction of sp³-hybridized carbons (Fsp3) is 0.133. The van der Waals surface area contributed by atoms with E-state index in [0.29, 0.717) is 16.8 Å². The summed E-state index contributed by atoms with van der Waals surface area (Å²) < 4.78 is 32.9. The van der Waals surface area contributed by atoms with Gasteiger partial charge in [-0.05, 0) is 53.2 Å². The van der Waals surface area contributed by atoms with Crippen LogP contribution < -0.4 is 10.5 Å². The van der Waals surface area contributed by atoms with Gasteiger partial charge in [-0.15, -0.1) is 0 Å². The van der Waals surface area contributed by atoms with Gasteiger partial charge in [-0.1, -0.05) is 0 Å². The molecule has 0 atom stereocenters. The summed E-state index contributed by atoms with van der Waals surface area (Å²) in [5.74, 6) is -1.78. The number of ether oxygens (including phenoxy) is 1. The molecule has 0 fully saturated rings. The Morgan fingerprint density at radius 1 is 1.24 bits per heavy atom. The number of anilines is 1. The number of hydrogen-bond donors (Lipinski definition) is 1. The van der Waals surface area contributed by atoms with Crippen molar-refractivity contribution in [1.29, 1.82) is 0 Å². The molecule has 0 aliphatic heterocycles. The summed E-state index contributed by atoms with van der Waals surface area (Å²) in [4.78, 5) is 12.3. The molecular weight excluding hydrogens is 344 g/mol. The van der Waals surface area contributed by atoms with Crippen molar-refractivity contribution in [2.24, 2.45) is 0 Å². The first-order chi connectivity index (χ1) is 9.93. The molecule has 0 aliphatic rings. The second kappa shape index (κ2) is 6.22. The second-order valence-electron chi connectivity index (χ2n) is 4.26. The van der Waals surface area contributed by atoms with Crippen molar-refractivity contribution in [3.8, 4) is 5.75 Å². The van der Waals surface area contributed by atoms with Crippen molar-refractivity contribution in [2.45, 2.75) is 6.92 Å². The zero-order valence-electron chi connectivity index (χ0n) is 11.1. The lowest BCUT2D eigenvalue weighted by atomic mass is 10.0. The number of benzene rings is 2. The zero-order valence-corrected chi connectivity index (χ0v) is 12.7. The molecule has 2 rings (SSSR count). The van der Waals surface area contributed by atoms with E-state index in [1.807, 2.05) is 6.92 Å². The summed E-state index contributed by atoms with van der Waals surface area (Å²) in [5, 5.41) is 0. The van der Waals surface area contributed by atoms with Crippen molar-refractivity contribution in [1.82, 2.24) is 0 Å². The topological polar surface area (TPSA) is 52.3 Å². The van der Waals surface area contributed by atoms with E-state index in [0.717, 1.165) is 12.1 Å². The molecule has 2 N–H and O–H groups in total. The van der Waals surface area contributed by atoms with E-state index < -0.39 is 28.7 Å². The Morgan fingerprint density at radius 2 is 1.95 bits per heavy atom. The van der Waals surface area contributed by atoms with Crippen molar-refractivity contribution in [3.05, 3.63) is 57.6 Å². The number of ketones is 1. The Morgan fingerprint density at radius 3 is 2.57 bits per heavy atom. The fourth-order valence-corrected chi connectivity index (χ4v) is 2.39. The SMILES string of the molecule is CCOc1ccc(C(=O)c2cc(F)cc(N)c2F)c(Br)c1. The standard InChI is InChI=1S/C15H12BrF2NO2/c1-2-21-9-3-4-10(12(16)7-9)15(20)11-5-8(17)6-13(19)14(11)18/h3-7H,2,19H2,1H3. The highest BCUT2D eigenvalue weighted by atomic mass is 79.9. The normalized spacial score (nSPS) is 10.5. The van der Waals surface area contributed by atoms with E-state index in [1.54, 1.807) is 12.1 Å². The first kappa shape index (κ1) is 15.4. The maximum atomic E-state index is 13.9. The molecule has 6 heteroatoms. The Hall–Kier alpha value is -1.95. The third kappa shape index (κ3) is 3.21. The molecule has 0 saturated carbocycles. The van der Waals surface area contributed by atoms with Gasteiger partial charge in [-0.2, -0.15) is 0 Å². The predicted molar refractivity (Wildman–Crippen MR) is 79.5 cm³/mol. The lowest BCUT2D eigenvalue weighted by Gasteiger charge is -2.09. The third-order valence-electron chi connectivity index (χ3n) is 2.81. The number of nitrogens with two attached hydrogens (primary N) is 1. The Balaban J connectivity index is 2.45. The Kier molecular flexibility index (Phi) is 4.57. The lowest BCUT2D eigenvalue weighted by Crippen LogP contribution is -2.08. The highest BCUT2D eigenvalue weighted by Crippen LogP contribution is 2.27. The van der Waals surface area contributed by atoms with E-state index in [1.165, 1.54) is 6.07 Å². The molecule has 0 radical (unpaired) electrons. The maximum absolute atomic E-state index is 13.9. The van der Waals surface area contributed by atoms with Gasteiger partial charge < -0.3 is 10.5 Å². The number of rotatable bonds is 4. The van der Waals surface area contributed by atoms with E-state index in [-0.39, 0.29) is 5.56 Å². The van der Waals surface area contributed by atoms with Gasteiger partial charge >= 0.3 is 0 Å². The van der Waals surface area contributed by atoms with E-state index in [9.17, 15) is 13.6 Å². The van der Waals surface area contributed by atoms with Crippen LogP contribution >= 0.6 is 15.9 Å². The van der Waals surface area contributed by atoms with Crippen molar-refractivity contribution >= 4 is 27.4 Å². The molecule has 110 valence electrons. The molecule has 0 unspecified atom stereocenters. The summed E-state index contributed by atoms with van der Waals surface area (Å²) >= 11 is 3.23. The monoisotopic (exact) mass is 355 g/mol. The van der Waals surface area contributed by atoms with Gasteiger partial charge in [0.2, 0.25) is 0 Å². The highest BCUT2D eigenvalue weighted by Gasteiger charge is 2.20. The van der Waals surface area contributed by atoms with Crippen molar-refractivity contribution in [3.63, 3.8) is 0 Å². The molecule has 2 aromatic carbocycles.